The second-order valence-corrected chi connectivity index (χ2v) is 12.3. The molecule has 3 heterocycles. The normalized spacial score (nSPS) is 18.1. The maximum atomic E-state index is 13.7. The zero-order chi connectivity index (χ0) is 26.8. The minimum Gasteiger partial charge on any atom is -0.496 e. The van der Waals surface area contributed by atoms with Crippen molar-refractivity contribution in [1.29, 1.82) is 0 Å². The number of nitrogens with zero attached hydrogens (tertiary/aromatic N) is 2. The number of fused-ring (bicyclic) bond motifs is 1. The van der Waals surface area contributed by atoms with Crippen molar-refractivity contribution in [1.82, 2.24) is 9.88 Å². The van der Waals surface area contributed by atoms with Gasteiger partial charge >= 0.3 is 0 Å². The zero-order valence-electron chi connectivity index (χ0n) is 22.3. The van der Waals surface area contributed by atoms with Gasteiger partial charge in [-0.25, -0.2) is 8.42 Å². The van der Waals surface area contributed by atoms with Gasteiger partial charge in [-0.2, -0.15) is 0 Å². The lowest BCUT2D eigenvalue weighted by Crippen LogP contribution is -2.29. The fourth-order valence-electron chi connectivity index (χ4n) is 6.06. The molecular weight excluding hydrogens is 506 g/mol. The van der Waals surface area contributed by atoms with Crippen LogP contribution in [0.5, 0.6) is 5.75 Å². The van der Waals surface area contributed by atoms with E-state index in [1.54, 1.807) is 25.3 Å². The van der Waals surface area contributed by atoms with Crippen LogP contribution in [-0.4, -0.2) is 38.5 Å². The summed E-state index contributed by atoms with van der Waals surface area (Å²) in [7, 11) is -2.09. The quantitative estimate of drug-likeness (QED) is 0.288. The number of sulfonamides is 1. The zero-order valence-corrected chi connectivity index (χ0v) is 23.2. The molecule has 0 bridgehead atoms. The summed E-state index contributed by atoms with van der Waals surface area (Å²) in [6.45, 7) is 2.32. The first-order chi connectivity index (χ1) is 19.0. The highest BCUT2D eigenvalue weighted by atomic mass is 32.2. The van der Waals surface area contributed by atoms with E-state index in [1.807, 2.05) is 30.3 Å². The summed E-state index contributed by atoms with van der Waals surface area (Å²) in [5, 5.41) is 0. The summed E-state index contributed by atoms with van der Waals surface area (Å²) < 4.78 is 34.6. The van der Waals surface area contributed by atoms with Gasteiger partial charge in [0, 0.05) is 36.1 Å². The smallest absolute Gasteiger partial charge is 0.264 e. The van der Waals surface area contributed by atoms with E-state index in [9.17, 15) is 8.42 Å². The van der Waals surface area contributed by atoms with Crippen molar-refractivity contribution in [2.24, 2.45) is 0 Å². The van der Waals surface area contributed by atoms with Gasteiger partial charge in [0.05, 0.1) is 17.7 Å². The largest absolute Gasteiger partial charge is 0.496 e. The van der Waals surface area contributed by atoms with Crippen LogP contribution < -0.4 is 9.04 Å². The molecule has 0 radical (unpaired) electrons. The molecule has 3 aromatic carbocycles. The number of nitrogens with one attached hydrogen (secondary N) is 1. The molecule has 202 valence electrons. The van der Waals surface area contributed by atoms with Crippen LogP contribution in [0.25, 0.3) is 11.3 Å². The van der Waals surface area contributed by atoms with E-state index in [0.29, 0.717) is 18.3 Å². The van der Waals surface area contributed by atoms with Crippen molar-refractivity contribution in [3.63, 3.8) is 0 Å². The first kappa shape index (κ1) is 25.7. The number of likely N-dealkylation sites (tertiary alicyclic amines) is 1. The van der Waals surface area contributed by atoms with E-state index in [-0.39, 0.29) is 4.90 Å². The molecule has 39 heavy (non-hydrogen) atoms. The van der Waals surface area contributed by atoms with Gasteiger partial charge in [-0.15, -0.1) is 0 Å². The highest BCUT2D eigenvalue weighted by Gasteiger charge is 2.31. The van der Waals surface area contributed by atoms with Crippen LogP contribution in [-0.2, 0) is 23.0 Å². The fourth-order valence-corrected chi connectivity index (χ4v) is 7.59. The molecule has 2 aliphatic rings. The van der Waals surface area contributed by atoms with E-state index < -0.39 is 10.0 Å². The Kier molecular flexibility index (Phi) is 7.19. The molecule has 6 rings (SSSR count). The van der Waals surface area contributed by atoms with Crippen molar-refractivity contribution in [2.75, 3.05) is 24.5 Å². The Balaban J connectivity index is 1.29. The average molecular weight is 542 g/mol. The summed E-state index contributed by atoms with van der Waals surface area (Å²) in [4.78, 5) is 6.41. The Morgan fingerprint density at radius 3 is 2.56 bits per heavy atom. The Morgan fingerprint density at radius 2 is 1.72 bits per heavy atom. The van der Waals surface area contributed by atoms with Crippen LogP contribution in [0.2, 0.25) is 0 Å². The second-order valence-electron chi connectivity index (χ2n) is 10.5. The molecule has 1 aromatic heterocycles. The molecule has 7 heteroatoms. The molecule has 0 amide bonds. The Hall–Kier alpha value is -3.55. The number of ether oxygens (including phenoxy) is 1. The van der Waals surface area contributed by atoms with Crippen molar-refractivity contribution in [3.05, 3.63) is 102 Å². The Bertz CT molecular complexity index is 1550. The molecule has 1 atom stereocenters. The summed E-state index contributed by atoms with van der Waals surface area (Å²) in [5.74, 6) is 0.640. The van der Waals surface area contributed by atoms with Crippen LogP contribution in [0.4, 0.5) is 5.69 Å². The summed E-state index contributed by atoms with van der Waals surface area (Å²) >= 11 is 0. The predicted molar refractivity (Wildman–Crippen MR) is 156 cm³/mol. The van der Waals surface area contributed by atoms with E-state index >= 15 is 0 Å². The van der Waals surface area contributed by atoms with Gasteiger partial charge in [0.25, 0.3) is 10.0 Å². The first-order valence-corrected chi connectivity index (χ1v) is 15.2. The number of rotatable bonds is 7. The Morgan fingerprint density at radius 1 is 0.897 bits per heavy atom. The number of hydrogen-bond acceptors (Lipinski definition) is 4. The maximum Gasteiger partial charge on any atom is 0.264 e. The molecular formula is C32H35N3O3S. The van der Waals surface area contributed by atoms with Crippen LogP contribution in [0.1, 0.15) is 48.5 Å². The monoisotopic (exact) mass is 541 g/mol. The van der Waals surface area contributed by atoms with E-state index in [1.165, 1.54) is 29.1 Å². The molecule has 2 aliphatic heterocycles. The third-order valence-corrected chi connectivity index (χ3v) is 9.87. The van der Waals surface area contributed by atoms with Crippen molar-refractivity contribution < 1.29 is 13.2 Å². The second kappa shape index (κ2) is 10.9. The number of aromatic nitrogens is 1. The van der Waals surface area contributed by atoms with Gasteiger partial charge in [0.1, 0.15) is 5.75 Å². The highest BCUT2D eigenvalue weighted by Crippen LogP contribution is 2.37. The molecule has 0 aliphatic carbocycles. The number of para-hydroxylation sites is 1. The average Bonchev–Trinajstić information content (AvgIpc) is 3.56. The minimum atomic E-state index is -3.71. The Labute approximate surface area is 231 Å². The van der Waals surface area contributed by atoms with Gasteiger partial charge in [-0.05, 0) is 73.3 Å². The molecule has 0 spiro atoms. The number of H-pyrrole nitrogens is 1. The molecule has 6 nitrogen and oxygen atoms in total. The minimum absolute atomic E-state index is 0.266. The van der Waals surface area contributed by atoms with Crippen molar-refractivity contribution >= 4 is 15.7 Å². The molecule has 1 saturated heterocycles. The maximum absolute atomic E-state index is 13.7. The van der Waals surface area contributed by atoms with E-state index in [4.69, 9.17) is 4.74 Å². The lowest BCUT2D eigenvalue weighted by molar-refractivity contribution is 0.190. The third-order valence-electron chi connectivity index (χ3n) is 8.06. The van der Waals surface area contributed by atoms with Gasteiger partial charge in [0.15, 0.2) is 0 Å². The first-order valence-electron chi connectivity index (χ1n) is 13.8. The van der Waals surface area contributed by atoms with Crippen molar-refractivity contribution in [2.45, 2.75) is 49.6 Å². The molecule has 4 aromatic rings. The van der Waals surface area contributed by atoms with Gasteiger partial charge in [0.2, 0.25) is 0 Å². The molecule has 1 N–H and O–H groups in total. The summed E-state index contributed by atoms with van der Waals surface area (Å²) in [5.41, 5.74) is 5.90. The van der Waals surface area contributed by atoms with Crippen LogP contribution in [0.3, 0.4) is 0 Å². The standard InChI is InChI=1S/C32H35N3O3S/c1-38-32-18-16-27(39(36,37)35-21-19-25-12-7-8-14-31(25)35)22-28(32)29-17-15-26(33-29)23-34-20-9-3-6-13-30(34)24-10-4-2-5-11-24/h2,4-5,7-8,10-12,14-18,22,30,33H,3,6,9,13,19-21,23H2,1H3/t30-/m1/s1. The fraction of sp³-hybridized carbons (Fsp3) is 0.312. The molecule has 0 saturated carbocycles. The number of hydrogen-bond donors (Lipinski definition) is 1. The lowest BCUT2D eigenvalue weighted by Gasteiger charge is -2.30. The van der Waals surface area contributed by atoms with Gasteiger partial charge in [-0.1, -0.05) is 61.4 Å². The van der Waals surface area contributed by atoms with Crippen LogP contribution in [0, 0.1) is 0 Å². The number of benzene rings is 3. The van der Waals surface area contributed by atoms with Crippen LogP contribution in [0.15, 0.2) is 89.8 Å². The van der Waals surface area contributed by atoms with Crippen molar-refractivity contribution in [3.8, 4) is 17.0 Å². The number of aromatic amines is 1. The van der Waals surface area contributed by atoms with Crippen LogP contribution >= 0.6 is 0 Å². The van der Waals surface area contributed by atoms with Gasteiger partial charge in [-0.3, -0.25) is 9.21 Å². The molecule has 0 unspecified atom stereocenters. The summed E-state index contributed by atoms with van der Waals surface area (Å²) in [6, 6.07) is 28.2. The van der Waals surface area contributed by atoms with Gasteiger partial charge < -0.3 is 9.72 Å². The van der Waals surface area contributed by atoms with E-state index in [2.05, 4.69) is 46.3 Å². The number of methoxy groups -OCH3 is 1. The third kappa shape index (κ3) is 5.09. The highest BCUT2D eigenvalue weighted by molar-refractivity contribution is 7.92. The van der Waals surface area contributed by atoms with E-state index in [0.717, 1.165) is 54.1 Å². The molecule has 1 fully saturated rings. The lowest BCUT2D eigenvalue weighted by atomic mass is 10.0. The SMILES string of the molecule is COc1ccc(S(=O)(=O)N2CCc3ccccc32)cc1-c1ccc(CN2CCCCC[C@@H]2c2ccccc2)[nH]1. The predicted octanol–water partition coefficient (Wildman–Crippen LogP) is 6.56. The topological polar surface area (TPSA) is 65.6 Å². The number of anilines is 1. The summed E-state index contributed by atoms with van der Waals surface area (Å²) in [6.07, 6.45) is 5.58.